The Morgan fingerprint density at radius 3 is 2.23 bits per heavy atom. The fourth-order valence-electron chi connectivity index (χ4n) is 3.14. The van der Waals surface area contributed by atoms with Gasteiger partial charge in [-0.1, -0.05) is 12.1 Å². The van der Waals surface area contributed by atoms with E-state index in [1.807, 2.05) is 0 Å². The van der Waals surface area contributed by atoms with E-state index in [1.165, 1.54) is 12.1 Å². The molecule has 0 amide bonds. The predicted octanol–water partition coefficient (Wildman–Crippen LogP) is 3.98. The maximum Gasteiger partial charge on any atom is 0.317 e. The van der Waals surface area contributed by atoms with E-state index in [9.17, 15) is 14.0 Å². The number of carboxylic acids is 1. The predicted molar refractivity (Wildman–Crippen MR) is 114 cm³/mol. The Balaban J connectivity index is 1.73. The fourth-order valence-corrected chi connectivity index (χ4v) is 3.14. The Hall–Kier alpha value is -3.58. The number of pyridine rings is 1. The van der Waals surface area contributed by atoms with Gasteiger partial charge in [-0.05, 0) is 61.1 Å². The molecule has 3 rings (SSSR count). The van der Waals surface area contributed by atoms with Gasteiger partial charge in [-0.3, -0.25) is 19.5 Å². The van der Waals surface area contributed by atoms with E-state index >= 15 is 0 Å². The number of aromatic nitrogens is 1. The average molecular weight is 422 g/mol. The largest absolute Gasteiger partial charge is 0.486 e. The molecular weight excluding hydrogens is 399 g/mol. The Labute approximate surface area is 179 Å². The van der Waals surface area contributed by atoms with Crippen molar-refractivity contribution in [2.45, 2.75) is 12.5 Å². The van der Waals surface area contributed by atoms with Crippen molar-refractivity contribution in [2.24, 2.45) is 0 Å². The first-order valence-corrected chi connectivity index (χ1v) is 9.79. The molecular formula is C24H23FN2O4. The van der Waals surface area contributed by atoms with Crippen LogP contribution in [0.15, 0.2) is 73.1 Å². The number of ether oxygens (including phenoxy) is 1. The first-order valence-electron chi connectivity index (χ1n) is 9.79. The number of carboxylic acid groups (broad SMARTS) is 1. The number of benzene rings is 2. The van der Waals surface area contributed by atoms with Crippen molar-refractivity contribution >= 4 is 11.8 Å². The minimum Gasteiger partial charge on any atom is -0.486 e. The second-order valence-corrected chi connectivity index (χ2v) is 7.17. The highest BCUT2D eigenvalue weighted by molar-refractivity contribution is 6.08. The van der Waals surface area contributed by atoms with Crippen LogP contribution < -0.4 is 4.74 Å². The summed E-state index contributed by atoms with van der Waals surface area (Å²) >= 11 is 0. The molecule has 0 radical (unpaired) electrons. The highest BCUT2D eigenvalue weighted by Gasteiger charge is 2.17. The molecule has 2 aromatic carbocycles. The maximum absolute atomic E-state index is 13.3. The van der Waals surface area contributed by atoms with E-state index in [2.05, 4.69) is 4.98 Å². The molecule has 0 saturated heterocycles. The van der Waals surface area contributed by atoms with Gasteiger partial charge in [0.05, 0.1) is 6.54 Å². The van der Waals surface area contributed by atoms with Crippen molar-refractivity contribution in [3.63, 3.8) is 0 Å². The van der Waals surface area contributed by atoms with Crippen LogP contribution in [0.2, 0.25) is 0 Å². The second-order valence-electron chi connectivity index (χ2n) is 7.17. The normalized spacial score (nSPS) is 11.8. The van der Waals surface area contributed by atoms with Gasteiger partial charge in [-0.25, -0.2) is 4.39 Å². The smallest absolute Gasteiger partial charge is 0.317 e. The average Bonchev–Trinajstić information content (AvgIpc) is 2.77. The van der Waals surface area contributed by atoms with E-state index in [0.29, 0.717) is 29.8 Å². The molecule has 0 fully saturated rings. The van der Waals surface area contributed by atoms with E-state index in [4.69, 9.17) is 9.84 Å². The molecule has 0 spiro atoms. The van der Waals surface area contributed by atoms with Crippen molar-refractivity contribution in [1.29, 1.82) is 0 Å². The van der Waals surface area contributed by atoms with Crippen molar-refractivity contribution in [2.75, 3.05) is 20.1 Å². The molecule has 0 aliphatic heterocycles. The number of nitrogens with zero attached hydrogens (tertiary/aromatic N) is 2. The molecule has 1 atom stereocenters. The van der Waals surface area contributed by atoms with Crippen molar-refractivity contribution < 1.29 is 23.8 Å². The van der Waals surface area contributed by atoms with Gasteiger partial charge in [0.2, 0.25) is 0 Å². The summed E-state index contributed by atoms with van der Waals surface area (Å²) < 4.78 is 19.5. The monoisotopic (exact) mass is 422 g/mol. The Kier molecular flexibility index (Phi) is 7.45. The van der Waals surface area contributed by atoms with Crippen molar-refractivity contribution in [1.82, 2.24) is 9.88 Å². The number of likely N-dealkylation sites (N-methyl/N-ethyl adjacent to an activating group) is 1. The molecule has 160 valence electrons. The minimum absolute atomic E-state index is 0.0814. The lowest BCUT2D eigenvalue weighted by Gasteiger charge is -2.22. The van der Waals surface area contributed by atoms with Crippen LogP contribution in [0.5, 0.6) is 5.75 Å². The molecule has 0 aliphatic carbocycles. The number of carbonyl (C=O) groups excluding carboxylic acids is 1. The molecule has 0 aliphatic rings. The van der Waals surface area contributed by atoms with Crippen molar-refractivity contribution in [3.8, 4) is 5.75 Å². The summed E-state index contributed by atoms with van der Waals surface area (Å²) in [4.78, 5) is 29.0. The fraction of sp³-hybridized carbons (Fsp3) is 0.208. The summed E-state index contributed by atoms with van der Waals surface area (Å²) in [6.45, 7) is 0.398. The van der Waals surface area contributed by atoms with Gasteiger partial charge >= 0.3 is 5.97 Å². The molecule has 7 heteroatoms. The number of rotatable bonds is 10. The van der Waals surface area contributed by atoms with Crippen LogP contribution in [0.1, 0.15) is 34.0 Å². The Bertz CT molecular complexity index is 1010. The number of aliphatic carboxylic acids is 1. The molecule has 1 aromatic heterocycles. The summed E-state index contributed by atoms with van der Waals surface area (Å²) in [7, 11) is 1.72. The summed E-state index contributed by atoms with van der Waals surface area (Å²) in [5.74, 6) is -0.804. The molecule has 31 heavy (non-hydrogen) atoms. The zero-order valence-electron chi connectivity index (χ0n) is 17.1. The molecule has 6 nitrogen and oxygen atoms in total. The molecule has 1 heterocycles. The van der Waals surface area contributed by atoms with Gasteiger partial charge < -0.3 is 9.84 Å². The third kappa shape index (κ3) is 6.45. The van der Waals surface area contributed by atoms with Gasteiger partial charge in [0.15, 0.2) is 5.78 Å². The highest BCUT2D eigenvalue weighted by atomic mass is 19.1. The highest BCUT2D eigenvalue weighted by Crippen LogP contribution is 2.26. The standard InChI is InChI=1S/C24H23FN2O4/c1-27(16-23(28)29)15-12-22(17-2-6-20(25)7-3-17)31-21-8-4-18(5-9-21)24(30)19-10-13-26-14-11-19/h2-11,13-14,22H,12,15-16H2,1H3,(H,28,29). The first kappa shape index (κ1) is 22.1. The van der Waals surface area contributed by atoms with Crippen LogP contribution >= 0.6 is 0 Å². The zero-order chi connectivity index (χ0) is 22.2. The number of carbonyl (C=O) groups is 2. The van der Waals surface area contributed by atoms with Crippen LogP contribution in [0.3, 0.4) is 0 Å². The number of halogens is 1. The number of hydrogen-bond acceptors (Lipinski definition) is 5. The van der Waals surface area contributed by atoms with E-state index in [0.717, 1.165) is 5.56 Å². The quantitative estimate of drug-likeness (QED) is 0.498. The summed E-state index contributed by atoms with van der Waals surface area (Å²) in [5.41, 5.74) is 1.86. The van der Waals surface area contributed by atoms with Crippen LogP contribution in [0.25, 0.3) is 0 Å². The molecule has 0 saturated carbocycles. The molecule has 0 bridgehead atoms. The van der Waals surface area contributed by atoms with Crippen LogP contribution in [0.4, 0.5) is 4.39 Å². The van der Waals surface area contributed by atoms with E-state index in [1.54, 1.807) is 72.9 Å². The van der Waals surface area contributed by atoms with Gasteiger partial charge in [0.25, 0.3) is 0 Å². The van der Waals surface area contributed by atoms with Crippen LogP contribution in [0, 0.1) is 5.82 Å². The van der Waals surface area contributed by atoms with E-state index < -0.39 is 12.1 Å². The van der Waals surface area contributed by atoms with Gasteiger partial charge in [-0.2, -0.15) is 0 Å². The zero-order valence-corrected chi connectivity index (χ0v) is 17.1. The maximum atomic E-state index is 13.3. The van der Waals surface area contributed by atoms with Gasteiger partial charge in [0.1, 0.15) is 17.7 Å². The molecule has 1 N–H and O–H groups in total. The Morgan fingerprint density at radius 2 is 1.61 bits per heavy atom. The van der Waals surface area contributed by atoms with Crippen LogP contribution in [-0.4, -0.2) is 46.9 Å². The Morgan fingerprint density at radius 1 is 1.00 bits per heavy atom. The SMILES string of the molecule is CN(CCC(Oc1ccc(C(=O)c2ccncc2)cc1)c1ccc(F)cc1)CC(=O)O. The first-order chi connectivity index (χ1) is 14.9. The number of ketones is 1. The molecule has 1 unspecified atom stereocenters. The van der Waals surface area contributed by atoms with Gasteiger partial charge in [-0.15, -0.1) is 0 Å². The van der Waals surface area contributed by atoms with E-state index in [-0.39, 0.29) is 18.1 Å². The van der Waals surface area contributed by atoms with Gasteiger partial charge in [0, 0.05) is 36.5 Å². The molecule has 3 aromatic rings. The summed E-state index contributed by atoms with van der Waals surface area (Å²) in [6.07, 6.45) is 3.24. The number of hydrogen-bond donors (Lipinski definition) is 1. The topological polar surface area (TPSA) is 79.7 Å². The van der Waals surface area contributed by atoms with Crippen molar-refractivity contribution in [3.05, 3.63) is 95.6 Å². The van der Waals surface area contributed by atoms with Crippen LogP contribution in [-0.2, 0) is 4.79 Å². The lowest BCUT2D eigenvalue weighted by atomic mass is 10.0. The lowest BCUT2D eigenvalue weighted by molar-refractivity contribution is -0.138. The summed E-state index contributed by atoms with van der Waals surface area (Å²) in [5, 5.41) is 8.94. The lowest BCUT2D eigenvalue weighted by Crippen LogP contribution is -2.28. The summed E-state index contributed by atoms with van der Waals surface area (Å²) in [6, 6.07) is 16.2. The minimum atomic E-state index is -0.906. The third-order valence-electron chi connectivity index (χ3n) is 4.76. The second kappa shape index (κ2) is 10.4. The third-order valence-corrected chi connectivity index (χ3v) is 4.76.